The molecule has 3 N–H and O–H groups in total. The Morgan fingerprint density at radius 3 is 2.62 bits per heavy atom. The van der Waals surface area contributed by atoms with Crippen molar-refractivity contribution in [1.29, 1.82) is 5.41 Å². The SMILES string of the molecule is N=C(N)c1cc2ccc3ccccc3c2s1. The molecule has 2 nitrogen and oxygen atoms in total. The van der Waals surface area contributed by atoms with E-state index in [9.17, 15) is 0 Å². The maximum absolute atomic E-state index is 7.46. The van der Waals surface area contributed by atoms with Crippen LogP contribution in [0.2, 0.25) is 0 Å². The quantitative estimate of drug-likeness (QED) is 0.485. The van der Waals surface area contributed by atoms with Crippen molar-refractivity contribution in [3.05, 3.63) is 47.3 Å². The topological polar surface area (TPSA) is 49.9 Å². The lowest BCUT2D eigenvalue weighted by Gasteiger charge is -1.97. The molecule has 0 atom stereocenters. The number of nitrogens with one attached hydrogen (secondary N) is 1. The van der Waals surface area contributed by atoms with Crippen molar-refractivity contribution in [2.45, 2.75) is 0 Å². The summed E-state index contributed by atoms with van der Waals surface area (Å²) in [7, 11) is 0. The molecular formula is C13H10N2S. The van der Waals surface area contributed by atoms with Gasteiger partial charge in [0.1, 0.15) is 5.84 Å². The van der Waals surface area contributed by atoms with Crippen molar-refractivity contribution < 1.29 is 0 Å². The van der Waals surface area contributed by atoms with Crippen LogP contribution in [0.15, 0.2) is 42.5 Å². The van der Waals surface area contributed by atoms with E-state index in [0.717, 1.165) is 10.3 Å². The number of amidine groups is 1. The summed E-state index contributed by atoms with van der Waals surface area (Å²) in [4.78, 5) is 0.839. The Bertz CT molecular complexity index is 697. The van der Waals surface area contributed by atoms with Gasteiger partial charge in [-0.05, 0) is 22.2 Å². The summed E-state index contributed by atoms with van der Waals surface area (Å²) in [6.07, 6.45) is 0. The first kappa shape index (κ1) is 9.36. The van der Waals surface area contributed by atoms with Gasteiger partial charge in [0.15, 0.2) is 0 Å². The molecule has 78 valence electrons. The molecule has 0 aliphatic carbocycles. The fourth-order valence-electron chi connectivity index (χ4n) is 1.90. The lowest BCUT2D eigenvalue weighted by atomic mass is 10.1. The second kappa shape index (κ2) is 3.32. The van der Waals surface area contributed by atoms with Crippen LogP contribution in [0.1, 0.15) is 4.88 Å². The van der Waals surface area contributed by atoms with Crippen LogP contribution < -0.4 is 5.73 Å². The number of hydrogen-bond acceptors (Lipinski definition) is 2. The van der Waals surface area contributed by atoms with Crippen molar-refractivity contribution in [3.8, 4) is 0 Å². The minimum Gasteiger partial charge on any atom is -0.383 e. The highest BCUT2D eigenvalue weighted by atomic mass is 32.1. The van der Waals surface area contributed by atoms with Crippen molar-refractivity contribution in [1.82, 2.24) is 0 Å². The van der Waals surface area contributed by atoms with Gasteiger partial charge in [0.05, 0.1) is 4.88 Å². The van der Waals surface area contributed by atoms with Crippen LogP contribution in [0, 0.1) is 5.41 Å². The Morgan fingerprint density at radius 2 is 1.81 bits per heavy atom. The molecule has 16 heavy (non-hydrogen) atoms. The molecule has 0 fully saturated rings. The van der Waals surface area contributed by atoms with Gasteiger partial charge in [0.25, 0.3) is 0 Å². The van der Waals surface area contributed by atoms with Gasteiger partial charge in [-0.3, -0.25) is 5.41 Å². The first-order chi connectivity index (χ1) is 7.75. The van der Waals surface area contributed by atoms with Gasteiger partial charge < -0.3 is 5.73 Å². The van der Waals surface area contributed by atoms with E-state index in [1.165, 1.54) is 15.5 Å². The Balaban J connectivity index is 2.46. The maximum atomic E-state index is 7.46. The average Bonchev–Trinajstić information content (AvgIpc) is 2.73. The van der Waals surface area contributed by atoms with Crippen LogP contribution in [0.25, 0.3) is 20.9 Å². The fourth-order valence-corrected chi connectivity index (χ4v) is 2.96. The Hall–Kier alpha value is -1.87. The predicted molar refractivity (Wildman–Crippen MR) is 70.3 cm³/mol. The molecule has 0 bridgehead atoms. The fraction of sp³-hybridized carbons (Fsp3) is 0. The van der Waals surface area contributed by atoms with E-state index in [0.29, 0.717) is 0 Å². The van der Waals surface area contributed by atoms with Gasteiger partial charge in [-0.25, -0.2) is 0 Å². The predicted octanol–water partition coefficient (Wildman–Crippen LogP) is 3.34. The maximum Gasteiger partial charge on any atom is 0.133 e. The third-order valence-electron chi connectivity index (χ3n) is 2.67. The third-order valence-corrected chi connectivity index (χ3v) is 3.89. The van der Waals surface area contributed by atoms with Crippen molar-refractivity contribution in [2.75, 3.05) is 0 Å². The summed E-state index contributed by atoms with van der Waals surface area (Å²) in [6, 6.07) is 14.5. The van der Waals surface area contributed by atoms with E-state index in [1.807, 2.05) is 18.2 Å². The van der Waals surface area contributed by atoms with Crippen molar-refractivity contribution in [2.24, 2.45) is 5.73 Å². The van der Waals surface area contributed by atoms with Gasteiger partial charge in [-0.1, -0.05) is 36.4 Å². The molecule has 0 amide bonds. The number of thiophene rings is 1. The van der Waals surface area contributed by atoms with Crippen molar-refractivity contribution >= 4 is 38.0 Å². The second-order valence-electron chi connectivity index (χ2n) is 3.73. The molecule has 0 aliphatic rings. The molecule has 0 unspecified atom stereocenters. The molecule has 0 spiro atoms. The van der Waals surface area contributed by atoms with Gasteiger partial charge >= 0.3 is 0 Å². The van der Waals surface area contributed by atoms with E-state index in [1.54, 1.807) is 11.3 Å². The van der Waals surface area contributed by atoms with E-state index >= 15 is 0 Å². The number of nitrogen functional groups attached to an aromatic ring is 1. The first-order valence-electron chi connectivity index (χ1n) is 5.01. The minimum absolute atomic E-state index is 0.144. The molecule has 3 heteroatoms. The molecule has 1 heterocycles. The van der Waals surface area contributed by atoms with E-state index in [2.05, 4.69) is 24.3 Å². The van der Waals surface area contributed by atoms with E-state index in [-0.39, 0.29) is 5.84 Å². The monoisotopic (exact) mass is 226 g/mol. The smallest absolute Gasteiger partial charge is 0.133 e. The van der Waals surface area contributed by atoms with Gasteiger partial charge in [0, 0.05) is 4.70 Å². The minimum atomic E-state index is 0.144. The number of nitrogens with two attached hydrogens (primary N) is 1. The first-order valence-corrected chi connectivity index (χ1v) is 5.83. The van der Waals surface area contributed by atoms with Crippen LogP contribution >= 0.6 is 11.3 Å². The second-order valence-corrected chi connectivity index (χ2v) is 4.78. The summed E-state index contributed by atoms with van der Waals surface area (Å²) in [5, 5.41) is 11.1. The molecule has 3 aromatic rings. The van der Waals surface area contributed by atoms with Crippen molar-refractivity contribution in [3.63, 3.8) is 0 Å². The Labute approximate surface area is 96.8 Å². The van der Waals surface area contributed by atoms with Gasteiger partial charge in [0.2, 0.25) is 0 Å². The summed E-state index contributed by atoms with van der Waals surface area (Å²) in [6.45, 7) is 0. The van der Waals surface area contributed by atoms with Crippen LogP contribution in [0.5, 0.6) is 0 Å². The van der Waals surface area contributed by atoms with Crippen LogP contribution in [0.3, 0.4) is 0 Å². The molecule has 3 rings (SSSR count). The van der Waals surface area contributed by atoms with E-state index < -0.39 is 0 Å². The van der Waals surface area contributed by atoms with Crippen LogP contribution in [-0.4, -0.2) is 5.84 Å². The molecule has 0 saturated carbocycles. The highest BCUT2D eigenvalue weighted by Crippen LogP contribution is 2.32. The average molecular weight is 226 g/mol. The Kier molecular flexibility index (Phi) is 1.94. The van der Waals surface area contributed by atoms with Crippen LogP contribution in [0.4, 0.5) is 0 Å². The van der Waals surface area contributed by atoms with E-state index in [4.69, 9.17) is 11.1 Å². The molecule has 0 radical (unpaired) electrons. The molecule has 1 aromatic heterocycles. The summed E-state index contributed by atoms with van der Waals surface area (Å²) >= 11 is 1.59. The Morgan fingerprint density at radius 1 is 1.06 bits per heavy atom. The zero-order chi connectivity index (χ0) is 11.1. The zero-order valence-corrected chi connectivity index (χ0v) is 9.34. The van der Waals surface area contributed by atoms with Crippen LogP contribution in [-0.2, 0) is 0 Å². The summed E-state index contributed by atoms with van der Waals surface area (Å²) in [5.41, 5.74) is 5.52. The number of fused-ring (bicyclic) bond motifs is 3. The summed E-state index contributed by atoms with van der Waals surface area (Å²) < 4.78 is 1.21. The number of hydrogen-bond donors (Lipinski definition) is 2. The van der Waals surface area contributed by atoms with Gasteiger partial charge in [-0.2, -0.15) is 0 Å². The highest BCUT2D eigenvalue weighted by molar-refractivity contribution is 7.21. The van der Waals surface area contributed by atoms with Gasteiger partial charge in [-0.15, -0.1) is 11.3 Å². The molecule has 0 aliphatic heterocycles. The number of rotatable bonds is 1. The molecule has 0 saturated heterocycles. The summed E-state index contributed by atoms with van der Waals surface area (Å²) in [5.74, 6) is 0.144. The number of benzene rings is 2. The zero-order valence-electron chi connectivity index (χ0n) is 8.53. The molecular weight excluding hydrogens is 216 g/mol. The standard InChI is InChI=1S/C13H10N2S/c14-13(15)11-7-9-6-5-8-3-1-2-4-10(8)12(9)16-11/h1-7H,(H3,14,15). The lowest BCUT2D eigenvalue weighted by Crippen LogP contribution is -2.08. The lowest BCUT2D eigenvalue weighted by molar-refractivity contribution is 1.46. The third kappa shape index (κ3) is 1.29. The molecule has 2 aromatic carbocycles. The largest absolute Gasteiger partial charge is 0.383 e. The normalized spacial score (nSPS) is 11.0. The highest BCUT2D eigenvalue weighted by Gasteiger charge is 2.06.